The molecule has 1 atom stereocenters. The van der Waals surface area contributed by atoms with E-state index in [-0.39, 0.29) is 11.9 Å². The van der Waals surface area contributed by atoms with Crippen LogP contribution in [0.15, 0.2) is 57.7 Å². The Morgan fingerprint density at radius 2 is 1.86 bits per heavy atom. The zero-order chi connectivity index (χ0) is 15.8. The molecule has 2 aromatic rings. The number of hydrogen-bond donors (Lipinski definition) is 1. The second-order valence-corrected chi connectivity index (χ2v) is 6.77. The summed E-state index contributed by atoms with van der Waals surface area (Å²) in [5.74, 6) is 0.381. The highest BCUT2D eigenvalue weighted by Gasteiger charge is 2.11. The van der Waals surface area contributed by atoms with Gasteiger partial charge in [0.2, 0.25) is 5.91 Å². The Morgan fingerprint density at radius 3 is 2.55 bits per heavy atom. The molecule has 0 radical (unpaired) electrons. The van der Waals surface area contributed by atoms with Crippen molar-refractivity contribution in [3.63, 3.8) is 0 Å². The number of hydrogen-bond acceptors (Lipinski definition) is 5. The van der Waals surface area contributed by atoms with Crippen LogP contribution < -0.4 is 5.32 Å². The monoisotopic (exact) mass is 333 g/mol. The summed E-state index contributed by atoms with van der Waals surface area (Å²) in [6.07, 6.45) is 4.26. The van der Waals surface area contributed by atoms with E-state index in [1.165, 1.54) is 11.8 Å². The number of thioether (sulfide) groups is 1. The summed E-state index contributed by atoms with van der Waals surface area (Å²) in [6, 6.07) is 10.2. The first-order chi connectivity index (χ1) is 10.7. The lowest BCUT2D eigenvalue weighted by Crippen LogP contribution is -2.33. The Hall–Kier alpha value is -1.53. The predicted molar refractivity (Wildman–Crippen MR) is 91.2 cm³/mol. The minimum absolute atomic E-state index is 0.0284. The maximum Gasteiger partial charge on any atom is 0.230 e. The van der Waals surface area contributed by atoms with Crippen molar-refractivity contribution < 1.29 is 4.79 Å². The number of aromatic nitrogens is 2. The van der Waals surface area contributed by atoms with Crippen LogP contribution in [0.4, 0.5) is 0 Å². The largest absolute Gasteiger partial charge is 0.353 e. The van der Waals surface area contributed by atoms with Crippen LogP contribution in [-0.4, -0.2) is 27.7 Å². The maximum absolute atomic E-state index is 11.9. The quantitative estimate of drug-likeness (QED) is 0.784. The number of benzene rings is 1. The fourth-order valence-electron chi connectivity index (χ4n) is 1.63. The molecule has 4 nitrogen and oxygen atoms in total. The molecular weight excluding hydrogens is 314 g/mol. The summed E-state index contributed by atoms with van der Waals surface area (Å²) in [7, 11) is 0. The van der Waals surface area contributed by atoms with Crippen LogP contribution in [0.2, 0.25) is 0 Å². The lowest BCUT2D eigenvalue weighted by molar-refractivity contribution is -0.119. The van der Waals surface area contributed by atoms with Crippen molar-refractivity contribution in [2.24, 2.45) is 0 Å². The van der Waals surface area contributed by atoms with E-state index in [1.54, 1.807) is 24.2 Å². The van der Waals surface area contributed by atoms with Gasteiger partial charge in [-0.05, 0) is 25.5 Å². The molecular formula is C16H19N3OS2. The average molecular weight is 333 g/mol. The Bertz CT molecular complexity index is 607. The molecule has 2 rings (SSSR count). The summed E-state index contributed by atoms with van der Waals surface area (Å²) in [5, 5.41) is 4.57. The molecule has 6 heteroatoms. The fourth-order valence-corrected chi connectivity index (χ4v) is 3.37. The molecule has 1 heterocycles. The first-order valence-corrected chi connectivity index (χ1v) is 8.95. The third kappa shape index (κ3) is 5.35. The zero-order valence-corrected chi connectivity index (χ0v) is 14.3. The van der Waals surface area contributed by atoms with E-state index < -0.39 is 0 Å². The topological polar surface area (TPSA) is 54.9 Å². The van der Waals surface area contributed by atoms with Gasteiger partial charge in [-0.3, -0.25) is 4.79 Å². The van der Waals surface area contributed by atoms with Crippen LogP contribution in [0.3, 0.4) is 0 Å². The Labute approximate surface area is 139 Å². The van der Waals surface area contributed by atoms with E-state index >= 15 is 0 Å². The van der Waals surface area contributed by atoms with Crippen molar-refractivity contribution >= 4 is 29.4 Å². The molecule has 0 aliphatic carbocycles. The zero-order valence-electron chi connectivity index (χ0n) is 12.7. The normalized spacial score (nSPS) is 11.9. The van der Waals surface area contributed by atoms with Gasteiger partial charge in [0.15, 0.2) is 0 Å². The van der Waals surface area contributed by atoms with Crippen LogP contribution >= 0.6 is 23.5 Å². The molecule has 0 fully saturated rings. The molecule has 1 aromatic carbocycles. The fraction of sp³-hybridized carbons (Fsp3) is 0.312. The van der Waals surface area contributed by atoms with Crippen molar-refractivity contribution in [2.45, 2.75) is 41.3 Å². The van der Waals surface area contributed by atoms with Gasteiger partial charge in [0.1, 0.15) is 10.1 Å². The van der Waals surface area contributed by atoms with Gasteiger partial charge in [-0.1, -0.05) is 48.6 Å². The first-order valence-electron chi connectivity index (χ1n) is 7.15. The molecule has 22 heavy (non-hydrogen) atoms. The Kier molecular flexibility index (Phi) is 6.74. The minimum atomic E-state index is 0.0284. The van der Waals surface area contributed by atoms with E-state index in [2.05, 4.69) is 22.2 Å². The average Bonchev–Trinajstić information content (AvgIpc) is 2.55. The number of nitrogens with zero attached hydrogens (tertiary/aromatic N) is 2. The first kappa shape index (κ1) is 16.8. The SMILES string of the molecule is CC[C@@H](C)NC(=O)CSc1nccnc1Sc1ccccc1. The van der Waals surface area contributed by atoms with Gasteiger partial charge in [0.05, 0.1) is 5.75 Å². The molecule has 1 aromatic heterocycles. The maximum atomic E-state index is 11.9. The van der Waals surface area contributed by atoms with Gasteiger partial charge in [0, 0.05) is 23.3 Å². The van der Waals surface area contributed by atoms with Crippen LogP contribution in [0.1, 0.15) is 20.3 Å². The lowest BCUT2D eigenvalue weighted by Gasteiger charge is -2.11. The number of amides is 1. The van der Waals surface area contributed by atoms with Crippen molar-refractivity contribution in [1.29, 1.82) is 0 Å². The van der Waals surface area contributed by atoms with E-state index in [9.17, 15) is 4.79 Å². The van der Waals surface area contributed by atoms with Crippen molar-refractivity contribution in [3.8, 4) is 0 Å². The second kappa shape index (κ2) is 8.80. The van der Waals surface area contributed by atoms with Gasteiger partial charge >= 0.3 is 0 Å². The number of rotatable bonds is 7. The molecule has 0 bridgehead atoms. The molecule has 0 saturated carbocycles. The highest BCUT2D eigenvalue weighted by molar-refractivity contribution is 8.02. The molecule has 0 aliphatic heterocycles. The molecule has 1 amide bonds. The third-order valence-corrected chi connectivity index (χ3v) is 5.06. The molecule has 0 unspecified atom stereocenters. The standard InChI is InChI=1S/C16H19N3OS2/c1-3-12(2)19-14(20)11-21-15-16(18-10-9-17-15)22-13-7-5-4-6-8-13/h4-10,12H,3,11H2,1-2H3,(H,19,20)/t12-/m1/s1. The smallest absolute Gasteiger partial charge is 0.230 e. The van der Waals surface area contributed by atoms with Crippen LogP contribution in [0, 0.1) is 0 Å². The second-order valence-electron chi connectivity index (χ2n) is 4.75. The summed E-state index contributed by atoms with van der Waals surface area (Å²) in [6.45, 7) is 4.05. The van der Waals surface area contributed by atoms with Crippen molar-refractivity contribution in [2.75, 3.05) is 5.75 Å². The summed E-state index contributed by atoms with van der Waals surface area (Å²) >= 11 is 2.98. The van der Waals surface area contributed by atoms with E-state index in [0.29, 0.717) is 5.75 Å². The summed E-state index contributed by atoms with van der Waals surface area (Å²) in [5.41, 5.74) is 0. The number of nitrogens with one attached hydrogen (secondary N) is 1. The minimum Gasteiger partial charge on any atom is -0.353 e. The van der Waals surface area contributed by atoms with Gasteiger partial charge in [-0.25, -0.2) is 9.97 Å². The van der Waals surface area contributed by atoms with Crippen molar-refractivity contribution in [1.82, 2.24) is 15.3 Å². The van der Waals surface area contributed by atoms with Crippen LogP contribution in [-0.2, 0) is 4.79 Å². The molecule has 0 saturated heterocycles. The molecule has 0 aliphatic rings. The van der Waals surface area contributed by atoms with Gasteiger partial charge in [-0.15, -0.1) is 0 Å². The number of carbonyl (C=O) groups is 1. The highest BCUT2D eigenvalue weighted by Crippen LogP contribution is 2.32. The lowest BCUT2D eigenvalue weighted by atomic mass is 10.3. The Morgan fingerprint density at radius 1 is 1.18 bits per heavy atom. The highest BCUT2D eigenvalue weighted by atomic mass is 32.2. The summed E-state index contributed by atoms with van der Waals surface area (Å²) < 4.78 is 0. The molecule has 0 spiro atoms. The van der Waals surface area contributed by atoms with E-state index in [0.717, 1.165) is 21.4 Å². The third-order valence-electron chi connectivity index (χ3n) is 2.95. The van der Waals surface area contributed by atoms with Gasteiger partial charge < -0.3 is 5.32 Å². The summed E-state index contributed by atoms with van der Waals surface area (Å²) in [4.78, 5) is 21.7. The number of carbonyl (C=O) groups excluding carboxylic acids is 1. The van der Waals surface area contributed by atoms with Gasteiger partial charge in [-0.2, -0.15) is 0 Å². The molecule has 116 valence electrons. The van der Waals surface area contributed by atoms with E-state index in [4.69, 9.17) is 0 Å². The molecule has 1 N–H and O–H groups in total. The van der Waals surface area contributed by atoms with Crippen LogP contribution in [0.25, 0.3) is 0 Å². The van der Waals surface area contributed by atoms with Gasteiger partial charge in [0.25, 0.3) is 0 Å². The van der Waals surface area contributed by atoms with Crippen molar-refractivity contribution in [3.05, 3.63) is 42.7 Å². The van der Waals surface area contributed by atoms with Crippen LogP contribution in [0.5, 0.6) is 0 Å². The van der Waals surface area contributed by atoms with E-state index in [1.807, 2.05) is 37.3 Å². The Balaban J connectivity index is 1.98. The predicted octanol–water partition coefficient (Wildman–Crippen LogP) is 3.63.